The number of aliphatic hydroxyl groups is 1. The molecule has 0 amide bonds. The first kappa shape index (κ1) is 16.1. The van der Waals surface area contributed by atoms with Crippen molar-refractivity contribution in [3.8, 4) is 0 Å². The molecule has 0 spiro atoms. The van der Waals surface area contributed by atoms with E-state index in [2.05, 4.69) is 13.8 Å². The molecule has 4 saturated carbocycles. The number of nitrogens with one attached hydrogen (secondary N) is 1. The molecule has 23 heavy (non-hydrogen) atoms. The highest BCUT2D eigenvalue weighted by atomic mass is 16.3. The molecule has 4 rings (SSSR count). The van der Waals surface area contributed by atoms with Gasteiger partial charge in [-0.25, -0.2) is 0 Å². The van der Waals surface area contributed by atoms with Gasteiger partial charge in [-0.3, -0.25) is 0 Å². The summed E-state index contributed by atoms with van der Waals surface area (Å²) in [7, 11) is 0. The summed E-state index contributed by atoms with van der Waals surface area (Å²) in [5, 5.41) is 18.4. The third kappa shape index (κ3) is 2.19. The van der Waals surface area contributed by atoms with Gasteiger partial charge in [-0.2, -0.15) is 0 Å². The van der Waals surface area contributed by atoms with Gasteiger partial charge in [0.1, 0.15) is 0 Å². The van der Waals surface area contributed by atoms with Gasteiger partial charge in [0.05, 0.1) is 6.10 Å². The summed E-state index contributed by atoms with van der Waals surface area (Å²) in [4.78, 5) is 0. The first-order chi connectivity index (χ1) is 10.9. The summed E-state index contributed by atoms with van der Waals surface area (Å²) >= 11 is 0. The summed E-state index contributed by atoms with van der Waals surface area (Å²) in [5.74, 6) is 3.95. The molecule has 0 aromatic heterocycles. The molecule has 8 atom stereocenters. The van der Waals surface area contributed by atoms with Gasteiger partial charge in [0.15, 0.2) is 0 Å². The predicted molar refractivity (Wildman–Crippen MR) is 94.6 cm³/mol. The van der Waals surface area contributed by atoms with E-state index in [4.69, 9.17) is 5.41 Å². The quantitative estimate of drug-likeness (QED) is 0.653. The minimum Gasteiger partial charge on any atom is -0.393 e. The lowest BCUT2D eigenvalue weighted by molar-refractivity contribution is -0.123. The Morgan fingerprint density at radius 2 is 1.61 bits per heavy atom. The number of hydrogen-bond acceptors (Lipinski definition) is 2. The third-order valence-corrected chi connectivity index (χ3v) is 9.16. The van der Waals surface area contributed by atoms with E-state index < -0.39 is 0 Å². The lowest BCUT2D eigenvalue weighted by Gasteiger charge is -2.61. The van der Waals surface area contributed by atoms with Crippen LogP contribution in [0.2, 0.25) is 0 Å². The van der Waals surface area contributed by atoms with Gasteiger partial charge < -0.3 is 10.5 Å². The number of fused-ring (bicyclic) bond motifs is 5. The number of rotatable bonds is 1. The van der Waals surface area contributed by atoms with Crippen LogP contribution in [0.1, 0.15) is 78.6 Å². The van der Waals surface area contributed by atoms with Crippen LogP contribution in [0.5, 0.6) is 0 Å². The van der Waals surface area contributed by atoms with Crippen molar-refractivity contribution < 1.29 is 5.11 Å². The van der Waals surface area contributed by atoms with Crippen LogP contribution in [0.3, 0.4) is 0 Å². The van der Waals surface area contributed by atoms with Crippen LogP contribution in [-0.4, -0.2) is 16.9 Å². The summed E-state index contributed by atoms with van der Waals surface area (Å²) in [6, 6.07) is 0. The van der Waals surface area contributed by atoms with Crippen molar-refractivity contribution in [3.63, 3.8) is 0 Å². The zero-order valence-electron chi connectivity index (χ0n) is 15.3. The molecule has 0 saturated heterocycles. The second-order valence-electron chi connectivity index (χ2n) is 9.94. The van der Waals surface area contributed by atoms with Gasteiger partial charge in [0, 0.05) is 11.6 Å². The molecule has 0 aliphatic heterocycles. The minimum absolute atomic E-state index is 0.0325. The second-order valence-corrected chi connectivity index (χ2v) is 9.94. The van der Waals surface area contributed by atoms with Crippen LogP contribution in [0, 0.1) is 45.8 Å². The lowest BCUT2D eigenvalue weighted by Crippen LogP contribution is -2.54. The van der Waals surface area contributed by atoms with E-state index in [1.807, 2.05) is 6.92 Å². The van der Waals surface area contributed by atoms with E-state index in [0.717, 1.165) is 42.2 Å². The van der Waals surface area contributed by atoms with E-state index in [1.54, 1.807) is 0 Å². The SMILES string of the molecule is CC(=N)C1CCC2C3CCC4CC(O)CCC4(C)C3CCC12C. The Bertz CT molecular complexity index is 502. The molecule has 8 unspecified atom stereocenters. The smallest absolute Gasteiger partial charge is 0.0543 e. The molecule has 4 aliphatic carbocycles. The van der Waals surface area contributed by atoms with E-state index in [1.165, 1.54) is 44.9 Å². The summed E-state index contributed by atoms with van der Waals surface area (Å²) in [6.45, 7) is 7.13. The predicted octanol–water partition coefficient (Wildman–Crippen LogP) is 5.05. The van der Waals surface area contributed by atoms with Crippen LogP contribution in [-0.2, 0) is 0 Å². The summed E-state index contributed by atoms with van der Waals surface area (Å²) in [6.07, 6.45) is 11.4. The first-order valence-corrected chi connectivity index (χ1v) is 10.1. The average Bonchev–Trinajstić information content (AvgIpc) is 2.85. The van der Waals surface area contributed by atoms with Crippen molar-refractivity contribution in [2.24, 2.45) is 40.4 Å². The van der Waals surface area contributed by atoms with E-state index in [9.17, 15) is 5.11 Å². The van der Waals surface area contributed by atoms with Gasteiger partial charge >= 0.3 is 0 Å². The van der Waals surface area contributed by atoms with Crippen molar-refractivity contribution >= 4 is 5.71 Å². The molecule has 0 radical (unpaired) electrons. The molecule has 0 aromatic carbocycles. The number of hydrogen-bond donors (Lipinski definition) is 2. The fourth-order valence-corrected chi connectivity index (χ4v) is 7.95. The number of aliphatic hydroxyl groups excluding tert-OH is 1. The maximum atomic E-state index is 10.1. The van der Waals surface area contributed by atoms with Gasteiger partial charge in [0.25, 0.3) is 0 Å². The summed E-state index contributed by atoms with van der Waals surface area (Å²) in [5.41, 5.74) is 1.83. The Kier molecular flexibility index (Phi) is 3.72. The van der Waals surface area contributed by atoms with Gasteiger partial charge in [-0.05, 0) is 99.2 Å². The van der Waals surface area contributed by atoms with Crippen LogP contribution in [0.4, 0.5) is 0 Å². The van der Waals surface area contributed by atoms with Crippen LogP contribution in [0.15, 0.2) is 0 Å². The minimum atomic E-state index is -0.0325. The average molecular weight is 318 g/mol. The Morgan fingerprint density at radius 1 is 0.913 bits per heavy atom. The molecule has 0 bridgehead atoms. The van der Waals surface area contributed by atoms with Crippen molar-refractivity contribution in [1.82, 2.24) is 0 Å². The second kappa shape index (κ2) is 5.31. The lowest BCUT2D eigenvalue weighted by atomic mass is 9.44. The fourth-order valence-electron chi connectivity index (χ4n) is 7.95. The van der Waals surface area contributed by atoms with Crippen molar-refractivity contribution in [2.75, 3.05) is 0 Å². The van der Waals surface area contributed by atoms with Crippen molar-refractivity contribution in [3.05, 3.63) is 0 Å². The maximum Gasteiger partial charge on any atom is 0.0543 e. The molecule has 4 aliphatic rings. The van der Waals surface area contributed by atoms with Gasteiger partial charge in [-0.1, -0.05) is 13.8 Å². The molecule has 4 fully saturated rings. The Labute approximate surface area is 141 Å². The molecule has 2 nitrogen and oxygen atoms in total. The standard InChI is InChI=1S/C21H35NO/c1-13(22)17-6-7-18-16-5-4-14-12-15(23)8-10-20(14,2)19(16)9-11-21(17,18)3/h14-19,22-23H,4-12H2,1-3H3. The normalized spacial score (nSPS) is 55.7. The monoisotopic (exact) mass is 317 g/mol. The zero-order valence-corrected chi connectivity index (χ0v) is 15.3. The zero-order chi connectivity index (χ0) is 16.4. The van der Waals surface area contributed by atoms with Crippen molar-refractivity contribution in [1.29, 1.82) is 5.41 Å². The highest BCUT2D eigenvalue weighted by molar-refractivity contribution is 5.82. The highest BCUT2D eigenvalue weighted by Crippen LogP contribution is 2.67. The Morgan fingerprint density at radius 3 is 2.35 bits per heavy atom. The van der Waals surface area contributed by atoms with E-state index in [0.29, 0.717) is 16.7 Å². The molecule has 130 valence electrons. The van der Waals surface area contributed by atoms with E-state index in [-0.39, 0.29) is 6.10 Å². The van der Waals surface area contributed by atoms with Crippen LogP contribution in [0.25, 0.3) is 0 Å². The molecule has 2 N–H and O–H groups in total. The third-order valence-electron chi connectivity index (χ3n) is 9.16. The van der Waals surface area contributed by atoms with E-state index >= 15 is 0 Å². The first-order valence-electron chi connectivity index (χ1n) is 10.1. The summed E-state index contributed by atoms with van der Waals surface area (Å²) < 4.78 is 0. The molecular formula is C21H35NO. The highest BCUT2D eigenvalue weighted by Gasteiger charge is 2.60. The molecular weight excluding hydrogens is 282 g/mol. The Hall–Kier alpha value is -0.370. The van der Waals surface area contributed by atoms with Gasteiger partial charge in [0.2, 0.25) is 0 Å². The fraction of sp³-hybridized carbons (Fsp3) is 0.952. The Balaban J connectivity index is 1.61. The molecule has 0 heterocycles. The van der Waals surface area contributed by atoms with Crippen LogP contribution >= 0.6 is 0 Å². The van der Waals surface area contributed by atoms with Gasteiger partial charge in [-0.15, -0.1) is 0 Å². The molecule has 0 aromatic rings. The van der Waals surface area contributed by atoms with Crippen LogP contribution < -0.4 is 0 Å². The topological polar surface area (TPSA) is 44.1 Å². The van der Waals surface area contributed by atoms with Crippen molar-refractivity contribution in [2.45, 2.75) is 84.7 Å². The molecule has 2 heteroatoms. The maximum absolute atomic E-state index is 10.1. The largest absolute Gasteiger partial charge is 0.393 e.